The molecule has 2 aliphatic rings. The van der Waals surface area contributed by atoms with Crippen molar-refractivity contribution in [3.63, 3.8) is 0 Å². The first-order chi connectivity index (χ1) is 27.9. The van der Waals surface area contributed by atoms with E-state index in [0.29, 0.717) is 5.56 Å². The highest BCUT2D eigenvalue weighted by Crippen LogP contribution is 2.52. The Morgan fingerprint density at radius 3 is 1.82 bits per heavy atom. The molecule has 8 aromatic rings. The third-order valence-electron chi connectivity index (χ3n) is 11.8. The van der Waals surface area contributed by atoms with Crippen molar-refractivity contribution in [2.24, 2.45) is 4.99 Å². The molecule has 1 aliphatic carbocycles. The molecule has 0 saturated heterocycles. The second kappa shape index (κ2) is 13.9. The van der Waals surface area contributed by atoms with Crippen LogP contribution in [0, 0.1) is 11.3 Å². The van der Waals surface area contributed by atoms with Crippen molar-refractivity contribution >= 4 is 16.6 Å². The Morgan fingerprint density at radius 1 is 0.509 bits per heavy atom. The summed E-state index contributed by atoms with van der Waals surface area (Å²) in [7, 11) is 0. The molecule has 57 heavy (non-hydrogen) atoms. The van der Waals surface area contributed by atoms with Gasteiger partial charge in [0.1, 0.15) is 18.2 Å². The van der Waals surface area contributed by atoms with E-state index >= 15 is 0 Å². The maximum absolute atomic E-state index is 9.60. The fraction of sp³-hybridized carbons (Fsp3) is 0.0943. The minimum absolute atomic E-state index is 0.106. The number of hydrogen-bond donors (Lipinski definition) is 2. The highest BCUT2D eigenvalue weighted by molar-refractivity contribution is 5.99. The predicted molar refractivity (Wildman–Crippen MR) is 234 cm³/mol. The van der Waals surface area contributed by atoms with Crippen LogP contribution in [0.2, 0.25) is 0 Å². The van der Waals surface area contributed by atoms with E-state index in [1.807, 2.05) is 18.2 Å². The summed E-state index contributed by atoms with van der Waals surface area (Å²) in [6.45, 7) is 4.52. The largest absolute Gasteiger partial charge is 0.350 e. The van der Waals surface area contributed by atoms with Crippen molar-refractivity contribution < 1.29 is 0 Å². The first-order valence-electron chi connectivity index (χ1n) is 19.6. The Kier molecular flexibility index (Phi) is 8.40. The molecule has 1 aliphatic heterocycles. The average Bonchev–Trinajstić information content (AvgIpc) is 3.51. The summed E-state index contributed by atoms with van der Waals surface area (Å²) in [6, 6.07) is 67.1. The van der Waals surface area contributed by atoms with Crippen LogP contribution < -0.4 is 10.6 Å². The monoisotopic (exact) mass is 732 g/mol. The highest BCUT2D eigenvalue weighted by Gasteiger charge is 2.37. The minimum Gasteiger partial charge on any atom is -0.350 e. The van der Waals surface area contributed by atoms with Crippen LogP contribution in [0.25, 0.3) is 55.3 Å². The van der Waals surface area contributed by atoms with Gasteiger partial charge in [0.05, 0.1) is 11.6 Å². The lowest BCUT2D eigenvalue weighted by Gasteiger charge is -2.32. The number of rotatable bonds is 6. The average molecular weight is 733 g/mol. The summed E-state index contributed by atoms with van der Waals surface area (Å²) < 4.78 is 0. The van der Waals surface area contributed by atoms with E-state index in [9.17, 15) is 5.26 Å². The van der Waals surface area contributed by atoms with Gasteiger partial charge in [0.25, 0.3) is 0 Å². The fourth-order valence-electron chi connectivity index (χ4n) is 8.69. The van der Waals surface area contributed by atoms with Gasteiger partial charge in [-0.3, -0.25) is 5.32 Å². The van der Waals surface area contributed by atoms with Gasteiger partial charge in [0.2, 0.25) is 0 Å². The van der Waals surface area contributed by atoms with Crippen LogP contribution >= 0.6 is 0 Å². The van der Waals surface area contributed by atoms with E-state index in [4.69, 9.17) is 4.99 Å². The Bertz CT molecular complexity index is 2870. The van der Waals surface area contributed by atoms with Gasteiger partial charge in [-0.15, -0.1) is 0 Å². The van der Waals surface area contributed by atoms with Crippen molar-refractivity contribution in [1.82, 2.24) is 10.6 Å². The molecule has 0 saturated carbocycles. The summed E-state index contributed by atoms with van der Waals surface area (Å²) in [5, 5.41) is 19.4. The molecule has 0 fully saturated rings. The third-order valence-corrected chi connectivity index (χ3v) is 11.8. The molecule has 10 rings (SSSR count). The van der Waals surface area contributed by atoms with Crippen LogP contribution in [-0.4, -0.2) is 5.84 Å². The van der Waals surface area contributed by atoms with Crippen LogP contribution in [0.3, 0.4) is 0 Å². The van der Waals surface area contributed by atoms with Gasteiger partial charge in [-0.05, 0) is 102 Å². The van der Waals surface area contributed by atoms with Crippen molar-refractivity contribution in [2.45, 2.75) is 31.6 Å². The zero-order valence-electron chi connectivity index (χ0n) is 31.9. The van der Waals surface area contributed by atoms with Gasteiger partial charge in [-0.2, -0.15) is 5.26 Å². The normalized spacial score (nSPS) is 16.5. The Balaban J connectivity index is 0.916. The number of amidine groups is 1. The van der Waals surface area contributed by atoms with E-state index in [1.165, 1.54) is 66.4 Å². The van der Waals surface area contributed by atoms with E-state index in [0.717, 1.165) is 22.5 Å². The molecule has 0 amide bonds. The van der Waals surface area contributed by atoms with E-state index < -0.39 is 0 Å². The van der Waals surface area contributed by atoms with Crippen LogP contribution in [0.4, 0.5) is 0 Å². The standard InChI is InChI=1S/C53H40N4/c1-53(2)47-15-9-14-45(49(47)46-29-16-34(33-54)30-48(46)53)38-23-17-35(18-24-38)42-27-21-37-22-28-43(32-44(37)31-42)36-19-25-41(26-20-36)52-56-50(39-10-5-3-6-11-39)55-51(57-52)40-12-7-4-8-13-40/h3-32,50,52,56H,1-2H3,(H,55,57). The molecule has 2 atom stereocenters. The molecule has 8 aromatic carbocycles. The second-order valence-electron chi connectivity index (χ2n) is 15.6. The van der Waals surface area contributed by atoms with Gasteiger partial charge in [-0.1, -0.05) is 172 Å². The summed E-state index contributed by atoms with van der Waals surface area (Å²) in [5.74, 6) is 0.881. The van der Waals surface area contributed by atoms with E-state index in [-0.39, 0.29) is 17.7 Å². The summed E-state index contributed by atoms with van der Waals surface area (Å²) in [5.41, 5.74) is 16.0. The van der Waals surface area contributed by atoms with Crippen LogP contribution in [0.15, 0.2) is 187 Å². The number of aliphatic imine (C=N–C) groups is 1. The lowest BCUT2D eigenvalue weighted by atomic mass is 9.81. The Hall–Kier alpha value is -7.06. The van der Waals surface area contributed by atoms with E-state index in [1.54, 1.807) is 0 Å². The fourth-order valence-corrected chi connectivity index (χ4v) is 8.69. The quantitative estimate of drug-likeness (QED) is 0.179. The molecule has 4 heteroatoms. The van der Waals surface area contributed by atoms with Gasteiger partial charge in [0.15, 0.2) is 0 Å². The maximum Gasteiger partial charge on any atom is 0.131 e. The number of nitrogens with zero attached hydrogens (tertiary/aromatic N) is 2. The lowest BCUT2D eigenvalue weighted by Crippen LogP contribution is -2.44. The maximum atomic E-state index is 9.60. The Morgan fingerprint density at radius 2 is 1.14 bits per heavy atom. The first-order valence-corrected chi connectivity index (χ1v) is 19.6. The van der Waals surface area contributed by atoms with Crippen LogP contribution in [0.5, 0.6) is 0 Å². The smallest absolute Gasteiger partial charge is 0.131 e. The number of nitriles is 1. The van der Waals surface area contributed by atoms with Crippen molar-refractivity contribution in [1.29, 1.82) is 5.26 Å². The minimum atomic E-state index is -0.169. The molecule has 0 spiro atoms. The SMILES string of the molecule is CC1(C)c2cc(C#N)ccc2-c2c(-c3ccc(-c4ccc5ccc(-c6ccc(C7NC(c8ccccc8)=NC(c8ccccc8)N7)cc6)cc5c4)cc3)cccc21. The van der Waals surface area contributed by atoms with Crippen molar-refractivity contribution in [2.75, 3.05) is 0 Å². The summed E-state index contributed by atoms with van der Waals surface area (Å²) in [6.07, 6.45) is -0.271. The number of fused-ring (bicyclic) bond motifs is 4. The van der Waals surface area contributed by atoms with Gasteiger partial charge >= 0.3 is 0 Å². The molecular weight excluding hydrogens is 693 g/mol. The summed E-state index contributed by atoms with van der Waals surface area (Å²) in [4.78, 5) is 5.05. The molecule has 0 radical (unpaired) electrons. The lowest BCUT2D eigenvalue weighted by molar-refractivity contribution is 0.409. The predicted octanol–water partition coefficient (Wildman–Crippen LogP) is 12.4. The molecule has 2 N–H and O–H groups in total. The molecule has 1 heterocycles. The van der Waals surface area contributed by atoms with Crippen molar-refractivity contribution in [3.05, 3.63) is 215 Å². The molecular formula is C53H40N4. The highest BCUT2D eigenvalue weighted by atomic mass is 15.3. The van der Waals surface area contributed by atoms with Crippen LogP contribution in [-0.2, 0) is 5.41 Å². The number of benzene rings is 8. The van der Waals surface area contributed by atoms with Crippen molar-refractivity contribution in [3.8, 4) is 50.6 Å². The molecule has 2 unspecified atom stereocenters. The Labute approximate surface area is 333 Å². The number of hydrogen-bond acceptors (Lipinski definition) is 4. The van der Waals surface area contributed by atoms with Gasteiger partial charge in [0, 0.05) is 11.0 Å². The van der Waals surface area contributed by atoms with Gasteiger partial charge < -0.3 is 5.32 Å². The topological polar surface area (TPSA) is 60.2 Å². The second-order valence-corrected chi connectivity index (χ2v) is 15.6. The van der Waals surface area contributed by atoms with E-state index in [2.05, 4.69) is 194 Å². The first kappa shape index (κ1) is 34.4. The zero-order chi connectivity index (χ0) is 38.5. The zero-order valence-corrected chi connectivity index (χ0v) is 31.9. The third kappa shape index (κ3) is 6.19. The summed E-state index contributed by atoms with van der Waals surface area (Å²) >= 11 is 0. The number of nitrogens with one attached hydrogen (secondary N) is 2. The molecule has 272 valence electrons. The van der Waals surface area contributed by atoms with Gasteiger partial charge in [-0.25, -0.2) is 4.99 Å². The molecule has 0 bridgehead atoms. The molecule has 4 nitrogen and oxygen atoms in total. The van der Waals surface area contributed by atoms with Crippen LogP contribution in [0.1, 0.15) is 59.6 Å². The molecule has 0 aromatic heterocycles.